The van der Waals surface area contributed by atoms with Crippen LogP contribution in [0.3, 0.4) is 0 Å². The number of halogens is 7. The first-order valence-electron chi connectivity index (χ1n) is 2.90. The van der Waals surface area contributed by atoms with Gasteiger partial charge in [-0.15, -0.1) is 0 Å². The molecule has 0 saturated carbocycles. The summed E-state index contributed by atoms with van der Waals surface area (Å²) in [5, 5.41) is 0. The second-order valence-corrected chi connectivity index (χ2v) is 2.32. The summed E-state index contributed by atoms with van der Waals surface area (Å²) < 4.78 is 84.8. The molecule has 0 fully saturated rings. The van der Waals surface area contributed by atoms with Crippen molar-refractivity contribution in [2.75, 3.05) is 0 Å². The Morgan fingerprint density at radius 3 is 1.77 bits per heavy atom. The zero-order valence-electron chi connectivity index (χ0n) is 5.72. The molecule has 1 aliphatic carbocycles. The van der Waals surface area contributed by atoms with Gasteiger partial charge in [0.15, 0.2) is 5.83 Å². The van der Waals surface area contributed by atoms with Gasteiger partial charge >= 0.3 is 11.8 Å². The first-order valence-corrected chi connectivity index (χ1v) is 2.90. The summed E-state index contributed by atoms with van der Waals surface area (Å²) >= 11 is 0. The van der Waals surface area contributed by atoms with Gasteiger partial charge in [-0.2, -0.15) is 17.6 Å². The fourth-order valence-corrected chi connectivity index (χ4v) is 0.702. The van der Waals surface area contributed by atoms with Gasteiger partial charge < -0.3 is 0 Å². The highest BCUT2D eigenvalue weighted by Crippen LogP contribution is 2.46. The van der Waals surface area contributed by atoms with E-state index in [2.05, 4.69) is 0 Å². The quantitative estimate of drug-likeness (QED) is 0.533. The van der Waals surface area contributed by atoms with E-state index >= 15 is 0 Å². The summed E-state index contributed by atoms with van der Waals surface area (Å²) in [5.41, 5.74) is 0. The molecule has 0 bridgehead atoms. The summed E-state index contributed by atoms with van der Waals surface area (Å²) in [6.07, 6.45) is -0.953. The van der Waals surface area contributed by atoms with Crippen molar-refractivity contribution < 1.29 is 30.7 Å². The van der Waals surface area contributed by atoms with Crippen LogP contribution >= 0.6 is 0 Å². The molecule has 0 aromatic rings. The zero-order valence-corrected chi connectivity index (χ0v) is 5.72. The van der Waals surface area contributed by atoms with Crippen molar-refractivity contribution in [3.05, 3.63) is 23.6 Å². The number of allylic oxidation sites excluding steroid dienone is 4. The van der Waals surface area contributed by atoms with E-state index in [4.69, 9.17) is 0 Å². The predicted octanol–water partition coefficient (Wildman–Crippen LogP) is 3.27. The van der Waals surface area contributed by atoms with Crippen LogP contribution in [-0.4, -0.2) is 11.8 Å². The highest BCUT2D eigenvalue weighted by molar-refractivity contribution is 5.35. The van der Waals surface area contributed by atoms with Crippen LogP contribution in [0, 0.1) is 0 Å². The van der Waals surface area contributed by atoms with Gasteiger partial charge in [0.2, 0.25) is 11.7 Å². The monoisotopic (exact) mass is 206 g/mol. The molecule has 0 amide bonds. The molecule has 1 rings (SSSR count). The van der Waals surface area contributed by atoms with E-state index < -0.39 is 35.4 Å². The number of alkyl halides is 4. The molecule has 0 N–H and O–H groups in total. The van der Waals surface area contributed by atoms with Gasteiger partial charge in [-0.25, -0.2) is 13.2 Å². The summed E-state index contributed by atoms with van der Waals surface area (Å²) in [6.45, 7) is 0. The van der Waals surface area contributed by atoms with Crippen molar-refractivity contribution in [3.8, 4) is 0 Å². The summed E-state index contributed by atoms with van der Waals surface area (Å²) in [7, 11) is 0. The lowest BCUT2D eigenvalue weighted by Gasteiger charge is -2.21. The van der Waals surface area contributed by atoms with E-state index in [1.807, 2.05) is 0 Å². The molecule has 0 radical (unpaired) electrons. The second-order valence-electron chi connectivity index (χ2n) is 2.32. The molecule has 74 valence electrons. The summed E-state index contributed by atoms with van der Waals surface area (Å²) in [5.74, 6) is -18.3. The average molecular weight is 206 g/mol. The number of hydrogen-bond donors (Lipinski definition) is 0. The lowest BCUT2D eigenvalue weighted by molar-refractivity contribution is -0.0111. The van der Waals surface area contributed by atoms with Gasteiger partial charge in [-0.3, -0.25) is 0 Å². The molecule has 1 aliphatic rings. The van der Waals surface area contributed by atoms with Crippen molar-refractivity contribution in [3.63, 3.8) is 0 Å². The fourth-order valence-electron chi connectivity index (χ4n) is 0.702. The van der Waals surface area contributed by atoms with E-state index in [-0.39, 0.29) is 0 Å². The van der Waals surface area contributed by atoms with Crippen LogP contribution in [0.5, 0.6) is 0 Å². The molecule has 0 aromatic carbocycles. The minimum absolute atomic E-state index is 0.953. The molecular formula is C6HF7. The maximum atomic E-state index is 12.1. The van der Waals surface area contributed by atoms with Gasteiger partial charge in [-0.1, -0.05) is 0 Å². The van der Waals surface area contributed by atoms with E-state index in [0.717, 1.165) is 0 Å². The van der Waals surface area contributed by atoms with Crippen LogP contribution in [0.2, 0.25) is 0 Å². The van der Waals surface area contributed by atoms with Gasteiger partial charge in [0, 0.05) is 6.08 Å². The van der Waals surface area contributed by atoms with E-state index in [9.17, 15) is 30.7 Å². The standard InChI is InChI=1S/C6HF7/c7-2-1-5(10,11)3(8)4(9)6(2,12)13/h1H. The summed E-state index contributed by atoms with van der Waals surface area (Å²) in [6, 6.07) is 0. The van der Waals surface area contributed by atoms with E-state index in [1.165, 1.54) is 0 Å². The van der Waals surface area contributed by atoms with E-state index in [1.54, 1.807) is 0 Å². The number of hydrogen-bond acceptors (Lipinski definition) is 0. The Morgan fingerprint density at radius 1 is 0.846 bits per heavy atom. The highest BCUT2D eigenvalue weighted by atomic mass is 19.3. The Kier molecular flexibility index (Phi) is 1.93. The molecule has 0 aliphatic heterocycles. The largest absolute Gasteiger partial charge is 0.352 e. The van der Waals surface area contributed by atoms with Crippen molar-refractivity contribution in [2.45, 2.75) is 11.8 Å². The Hall–Kier alpha value is -1.01. The average Bonchev–Trinajstić information content (AvgIpc) is 1.98. The van der Waals surface area contributed by atoms with Gasteiger partial charge in [0.1, 0.15) is 0 Å². The maximum absolute atomic E-state index is 12.1. The molecule has 7 heteroatoms. The normalized spacial score (nSPS) is 25.9. The van der Waals surface area contributed by atoms with Crippen LogP contribution in [0.15, 0.2) is 23.6 Å². The van der Waals surface area contributed by atoms with Crippen LogP contribution in [-0.2, 0) is 0 Å². The topological polar surface area (TPSA) is 0 Å². The molecular weight excluding hydrogens is 205 g/mol. The minimum Gasteiger partial charge on any atom is -0.205 e. The Balaban J connectivity index is 3.30. The molecule has 0 heterocycles. The van der Waals surface area contributed by atoms with E-state index in [0.29, 0.717) is 0 Å². The molecule has 13 heavy (non-hydrogen) atoms. The molecule has 0 saturated heterocycles. The van der Waals surface area contributed by atoms with Gasteiger partial charge in [0.05, 0.1) is 0 Å². The molecule has 0 unspecified atom stereocenters. The van der Waals surface area contributed by atoms with Crippen molar-refractivity contribution in [1.29, 1.82) is 0 Å². The zero-order chi connectivity index (χ0) is 10.4. The lowest BCUT2D eigenvalue weighted by Crippen LogP contribution is -2.30. The molecule has 0 spiro atoms. The Labute approximate surface area is 67.3 Å². The Morgan fingerprint density at radius 2 is 1.31 bits per heavy atom. The van der Waals surface area contributed by atoms with Crippen LogP contribution < -0.4 is 0 Å². The van der Waals surface area contributed by atoms with Gasteiger partial charge in [0.25, 0.3) is 0 Å². The third kappa shape index (κ3) is 1.31. The number of rotatable bonds is 0. The van der Waals surface area contributed by atoms with Crippen LogP contribution in [0.25, 0.3) is 0 Å². The smallest absolute Gasteiger partial charge is 0.205 e. The lowest BCUT2D eigenvalue weighted by atomic mass is 10.1. The van der Waals surface area contributed by atoms with Crippen LogP contribution in [0.1, 0.15) is 0 Å². The fraction of sp³-hybridized carbons (Fsp3) is 0.333. The maximum Gasteiger partial charge on any atom is 0.352 e. The highest BCUT2D eigenvalue weighted by Gasteiger charge is 2.54. The first kappa shape index (κ1) is 10.1. The third-order valence-electron chi connectivity index (χ3n) is 1.37. The van der Waals surface area contributed by atoms with Crippen molar-refractivity contribution in [1.82, 2.24) is 0 Å². The summed E-state index contributed by atoms with van der Waals surface area (Å²) in [4.78, 5) is 0. The second kappa shape index (κ2) is 2.49. The molecule has 0 aromatic heterocycles. The predicted molar refractivity (Wildman–Crippen MR) is 28.3 cm³/mol. The van der Waals surface area contributed by atoms with Crippen molar-refractivity contribution >= 4 is 0 Å². The first-order chi connectivity index (χ1) is 5.69. The molecule has 0 nitrogen and oxygen atoms in total. The van der Waals surface area contributed by atoms with Crippen molar-refractivity contribution in [2.24, 2.45) is 0 Å². The SMILES string of the molecule is FC1=CC(F)(F)C(F)=C(F)C1(F)F. The van der Waals surface area contributed by atoms with Crippen LogP contribution in [0.4, 0.5) is 30.7 Å². The Bertz CT molecular complexity index is 298. The molecule has 0 atom stereocenters. The third-order valence-corrected chi connectivity index (χ3v) is 1.37. The minimum atomic E-state index is -4.92. The van der Waals surface area contributed by atoms with Gasteiger partial charge in [-0.05, 0) is 0 Å².